The van der Waals surface area contributed by atoms with Gasteiger partial charge in [0.25, 0.3) is 0 Å². The largest absolute Gasteiger partial charge is 0.359 e. The maximum absolute atomic E-state index is 12.2. The molecule has 0 saturated heterocycles. The molecule has 3 rings (SSSR count). The third kappa shape index (κ3) is 4.30. The van der Waals surface area contributed by atoms with Gasteiger partial charge >= 0.3 is 11.6 Å². The summed E-state index contributed by atoms with van der Waals surface area (Å²) in [5, 5.41) is 26.6. The minimum absolute atomic E-state index is 0.0545. The first kappa shape index (κ1) is 19.0. The van der Waals surface area contributed by atoms with Crippen molar-refractivity contribution in [3.8, 4) is 0 Å². The molecule has 3 aromatic rings. The molecule has 0 bridgehead atoms. The van der Waals surface area contributed by atoms with Gasteiger partial charge in [-0.25, -0.2) is 0 Å². The van der Waals surface area contributed by atoms with E-state index in [4.69, 9.17) is 0 Å². The third-order valence-electron chi connectivity index (χ3n) is 4.19. The lowest BCUT2D eigenvalue weighted by molar-refractivity contribution is -0.806. The van der Waals surface area contributed by atoms with E-state index in [2.05, 4.69) is 63.4 Å². The van der Waals surface area contributed by atoms with E-state index >= 15 is 0 Å². The minimum Gasteiger partial charge on any atom is -0.359 e. The van der Waals surface area contributed by atoms with Gasteiger partial charge in [0.2, 0.25) is 10.8 Å². The molecule has 2 heterocycles. The second-order valence-electron chi connectivity index (χ2n) is 6.82. The zero-order valence-corrected chi connectivity index (χ0v) is 16.4. The fourth-order valence-corrected chi connectivity index (χ4v) is 3.49. The van der Waals surface area contributed by atoms with Crippen molar-refractivity contribution in [3.05, 3.63) is 57.0 Å². The van der Waals surface area contributed by atoms with Gasteiger partial charge in [-0.15, -0.1) is 10.2 Å². The number of amides is 1. The molecule has 1 N–H and O–H groups in total. The molecule has 9 heteroatoms. The molecule has 27 heavy (non-hydrogen) atoms. The van der Waals surface area contributed by atoms with E-state index in [0.29, 0.717) is 11.0 Å². The highest BCUT2D eigenvalue weighted by Gasteiger charge is 2.24. The number of hydrogen-bond donors (Lipinski definition) is 1. The van der Waals surface area contributed by atoms with Crippen LogP contribution in [0.15, 0.2) is 28.9 Å². The van der Waals surface area contributed by atoms with Crippen molar-refractivity contribution in [1.82, 2.24) is 15.4 Å². The number of aromatic nitrogens is 4. The molecule has 2 aromatic heterocycles. The van der Waals surface area contributed by atoms with E-state index in [1.54, 1.807) is 0 Å². The van der Waals surface area contributed by atoms with Crippen molar-refractivity contribution < 1.29 is 14.3 Å². The zero-order valence-electron chi connectivity index (χ0n) is 15.6. The topological polar surface area (TPSA) is 108 Å². The first-order valence-corrected chi connectivity index (χ1v) is 9.46. The van der Waals surface area contributed by atoms with Crippen molar-refractivity contribution in [1.29, 1.82) is 0 Å². The Morgan fingerprint density at radius 2 is 1.96 bits per heavy atom. The average Bonchev–Trinajstić information content (AvgIpc) is 3.22. The summed E-state index contributed by atoms with van der Waals surface area (Å²) in [5.41, 5.74) is 2.46. The molecular formula is C18H21N5O3S. The molecule has 1 unspecified atom stereocenters. The number of benzene rings is 1. The van der Waals surface area contributed by atoms with Gasteiger partial charge in [0.15, 0.2) is 0 Å². The molecule has 0 aliphatic rings. The van der Waals surface area contributed by atoms with E-state index in [1.807, 2.05) is 6.92 Å². The maximum atomic E-state index is 12.2. The third-order valence-corrected chi connectivity index (χ3v) is 5.21. The lowest BCUT2D eigenvalue weighted by atomic mass is 9.97. The Labute approximate surface area is 160 Å². The van der Waals surface area contributed by atoms with Crippen molar-refractivity contribution in [2.24, 2.45) is 5.92 Å². The monoisotopic (exact) mass is 387 g/mol. The number of nitrogens with zero attached hydrogens (tertiary/aromatic N) is 4. The summed E-state index contributed by atoms with van der Waals surface area (Å²) in [6.45, 7) is 7.90. The summed E-state index contributed by atoms with van der Waals surface area (Å²) < 4.78 is 4.41. The van der Waals surface area contributed by atoms with Crippen LogP contribution in [0, 0.1) is 18.0 Å². The summed E-state index contributed by atoms with van der Waals surface area (Å²) in [6, 6.07) is 8.49. The normalized spacial score (nSPS) is 12.3. The van der Waals surface area contributed by atoms with E-state index in [-0.39, 0.29) is 22.2 Å². The maximum Gasteiger partial charge on any atom is 0.308 e. The first-order valence-electron chi connectivity index (χ1n) is 8.65. The van der Waals surface area contributed by atoms with Gasteiger partial charge in [-0.05, 0) is 28.4 Å². The highest BCUT2D eigenvalue weighted by Crippen LogP contribution is 2.29. The van der Waals surface area contributed by atoms with Crippen LogP contribution in [-0.4, -0.2) is 21.3 Å². The van der Waals surface area contributed by atoms with Crippen LogP contribution in [0.3, 0.4) is 0 Å². The second kappa shape index (κ2) is 7.83. The van der Waals surface area contributed by atoms with Gasteiger partial charge in [0.05, 0.1) is 5.16 Å². The van der Waals surface area contributed by atoms with Crippen LogP contribution >= 0.6 is 11.3 Å². The van der Waals surface area contributed by atoms with E-state index in [9.17, 15) is 10.0 Å². The summed E-state index contributed by atoms with van der Waals surface area (Å²) in [7, 11) is 0. The molecule has 8 nitrogen and oxygen atoms in total. The quantitative estimate of drug-likeness (QED) is 0.651. The van der Waals surface area contributed by atoms with Crippen molar-refractivity contribution in [3.63, 3.8) is 0 Å². The van der Waals surface area contributed by atoms with Crippen LogP contribution in [0.1, 0.15) is 59.0 Å². The molecule has 0 saturated carbocycles. The van der Waals surface area contributed by atoms with Crippen molar-refractivity contribution >= 4 is 22.4 Å². The predicted octanol–water partition coefficient (Wildman–Crippen LogP) is 3.07. The number of rotatable bonds is 6. The molecule has 0 radical (unpaired) electrons. The molecule has 1 aromatic carbocycles. The smallest absolute Gasteiger partial charge is 0.308 e. The fourth-order valence-electron chi connectivity index (χ4n) is 2.67. The molecule has 1 atom stereocenters. The first-order chi connectivity index (χ1) is 12.8. The molecule has 0 fully saturated rings. The summed E-state index contributed by atoms with van der Waals surface area (Å²) in [4.78, 5) is 12.4. The molecule has 0 spiro atoms. The summed E-state index contributed by atoms with van der Waals surface area (Å²) in [5.74, 6) is 0.116. The van der Waals surface area contributed by atoms with Crippen molar-refractivity contribution in [2.75, 3.05) is 5.32 Å². The Kier molecular flexibility index (Phi) is 5.50. The van der Waals surface area contributed by atoms with Gasteiger partial charge in [-0.3, -0.25) is 14.7 Å². The van der Waals surface area contributed by atoms with E-state index in [0.717, 1.165) is 17.0 Å². The average molecular weight is 387 g/mol. The summed E-state index contributed by atoms with van der Waals surface area (Å²) in [6.07, 6.45) is 1.05. The SMILES string of the molecule is Cc1c(C(=O)Nc2nnc(C(C)c3ccc(CC(C)C)cc3)s2)no[n+]1[O-]. The van der Waals surface area contributed by atoms with Gasteiger partial charge < -0.3 is 5.21 Å². The van der Waals surface area contributed by atoms with Crippen molar-refractivity contribution in [2.45, 2.75) is 40.0 Å². The Morgan fingerprint density at radius 1 is 1.26 bits per heavy atom. The lowest BCUT2D eigenvalue weighted by Gasteiger charge is -2.10. The second-order valence-corrected chi connectivity index (χ2v) is 7.83. The van der Waals surface area contributed by atoms with E-state index in [1.165, 1.54) is 23.8 Å². The fraction of sp³-hybridized carbons (Fsp3) is 0.389. The Morgan fingerprint density at radius 3 is 2.56 bits per heavy atom. The Hall–Kier alpha value is -2.81. The van der Waals surface area contributed by atoms with E-state index < -0.39 is 5.91 Å². The molecule has 0 aliphatic heterocycles. The van der Waals surface area contributed by atoms with Crippen LogP contribution < -0.4 is 10.2 Å². The summed E-state index contributed by atoms with van der Waals surface area (Å²) >= 11 is 1.29. The van der Waals surface area contributed by atoms with Crippen LogP contribution in [-0.2, 0) is 6.42 Å². The van der Waals surface area contributed by atoms with Crippen LogP contribution in [0.5, 0.6) is 0 Å². The number of anilines is 1. The molecule has 1 amide bonds. The van der Waals surface area contributed by atoms with Gasteiger partial charge in [-0.1, -0.05) is 56.4 Å². The van der Waals surface area contributed by atoms with Crippen LogP contribution in [0.25, 0.3) is 0 Å². The molecule has 142 valence electrons. The Bertz CT molecular complexity index is 933. The number of carbonyl (C=O) groups excluding carboxylic acids is 1. The van der Waals surface area contributed by atoms with Gasteiger partial charge in [0, 0.05) is 12.8 Å². The molecular weight excluding hydrogens is 366 g/mol. The van der Waals surface area contributed by atoms with Crippen LogP contribution in [0.4, 0.5) is 5.13 Å². The predicted molar refractivity (Wildman–Crippen MR) is 101 cm³/mol. The highest BCUT2D eigenvalue weighted by atomic mass is 32.1. The lowest BCUT2D eigenvalue weighted by Crippen LogP contribution is -2.27. The standard InChI is InChI=1S/C18H21N5O3S/c1-10(2)9-13-5-7-14(8-6-13)11(3)17-20-21-18(27-17)19-16(24)15-12(4)23(25)26-22-15/h5-8,10-11H,9H2,1-4H3,(H,19,21,24). The van der Waals surface area contributed by atoms with Gasteiger partial charge in [-0.2, -0.15) is 0 Å². The molecule has 0 aliphatic carbocycles. The minimum atomic E-state index is -0.556. The van der Waals surface area contributed by atoms with Gasteiger partial charge in [0.1, 0.15) is 5.01 Å². The highest BCUT2D eigenvalue weighted by molar-refractivity contribution is 7.15. The number of carbonyl (C=O) groups is 1. The zero-order chi connectivity index (χ0) is 19.6. The number of nitrogens with one attached hydrogen (secondary N) is 1. The van der Waals surface area contributed by atoms with Crippen LogP contribution in [0.2, 0.25) is 0 Å². The Balaban J connectivity index is 1.69. The number of hydrogen-bond acceptors (Lipinski definition) is 7.